The highest BCUT2D eigenvalue weighted by atomic mass is 32.1. The van der Waals surface area contributed by atoms with E-state index in [9.17, 15) is 0 Å². The van der Waals surface area contributed by atoms with Crippen molar-refractivity contribution in [2.45, 2.75) is 19.8 Å². The maximum Gasteiger partial charge on any atom is 0.205 e. The SMILES string of the molecule is Cc1nnc(NCC2(COc3ccccc3)CC2)s1. The van der Waals surface area contributed by atoms with Crippen LogP contribution in [0, 0.1) is 12.3 Å². The summed E-state index contributed by atoms with van der Waals surface area (Å²) < 4.78 is 5.85. The Hall–Kier alpha value is -1.62. The van der Waals surface area contributed by atoms with Crippen LogP contribution in [0.15, 0.2) is 30.3 Å². The fraction of sp³-hybridized carbons (Fsp3) is 0.429. The molecule has 1 aromatic carbocycles. The number of hydrogen-bond acceptors (Lipinski definition) is 5. The van der Waals surface area contributed by atoms with Gasteiger partial charge in [0.25, 0.3) is 0 Å². The molecule has 4 nitrogen and oxygen atoms in total. The lowest BCUT2D eigenvalue weighted by molar-refractivity contribution is 0.242. The summed E-state index contributed by atoms with van der Waals surface area (Å²) in [6.45, 7) is 3.64. The molecule has 1 aliphatic carbocycles. The number of ether oxygens (including phenoxy) is 1. The van der Waals surface area contributed by atoms with E-state index in [1.165, 1.54) is 12.8 Å². The van der Waals surface area contributed by atoms with Crippen LogP contribution in [0.1, 0.15) is 17.8 Å². The molecule has 0 radical (unpaired) electrons. The summed E-state index contributed by atoms with van der Waals surface area (Å²) in [5.41, 5.74) is 0.273. The minimum Gasteiger partial charge on any atom is -0.493 e. The first-order valence-electron chi connectivity index (χ1n) is 6.48. The monoisotopic (exact) mass is 275 g/mol. The lowest BCUT2D eigenvalue weighted by Gasteiger charge is -2.16. The summed E-state index contributed by atoms with van der Waals surface area (Å²) in [5.74, 6) is 0.945. The van der Waals surface area contributed by atoms with Gasteiger partial charge in [-0.3, -0.25) is 0 Å². The van der Waals surface area contributed by atoms with Crippen molar-refractivity contribution < 1.29 is 4.74 Å². The summed E-state index contributed by atoms with van der Waals surface area (Å²) in [5, 5.41) is 13.4. The highest BCUT2D eigenvalue weighted by molar-refractivity contribution is 7.15. The smallest absolute Gasteiger partial charge is 0.205 e. The zero-order valence-corrected chi connectivity index (χ0v) is 11.7. The minimum absolute atomic E-state index is 0.273. The molecule has 0 aliphatic heterocycles. The first-order chi connectivity index (χ1) is 9.26. The molecule has 2 aromatic rings. The van der Waals surface area contributed by atoms with Crippen LogP contribution in [-0.2, 0) is 0 Å². The van der Waals surface area contributed by atoms with Crippen molar-refractivity contribution >= 4 is 16.5 Å². The van der Waals surface area contributed by atoms with E-state index in [0.717, 1.165) is 29.0 Å². The summed E-state index contributed by atoms with van der Waals surface area (Å²) in [6.07, 6.45) is 2.43. The second-order valence-electron chi connectivity index (χ2n) is 5.08. The maximum atomic E-state index is 5.85. The van der Waals surface area contributed by atoms with Crippen molar-refractivity contribution in [3.63, 3.8) is 0 Å². The van der Waals surface area contributed by atoms with Crippen LogP contribution in [0.4, 0.5) is 5.13 Å². The van der Waals surface area contributed by atoms with Crippen molar-refractivity contribution in [2.75, 3.05) is 18.5 Å². The third kappa shape index (κ3) is 3.23. The van der Waals surface area contributed by atoms with E-state index in [0.29, 0.717) is 0 Å². The predicted octanol–water partition coefficient (Wildman–Crippen LogP) is 3.12. The average Bonchev–Trinajstić information content (AvgIpc) is 3.10. The molecule has 1 saturated carbocycles. The number of nitrogens with zero attached hydrogens (tertiary/aromatic N) is 2. The Balaban J connectivity index is 1.50. The van der Waals surface area contributed by atoms with Gasteiger partial charge in [0.1, 0.15) is 10.8 Å². The van der Waals surface area contributed by atoms with Gasteiger partial charge in [0.2, 0.25) is 5.13 Å². The molecule has 100 valence electrons. The number of benzene rings is 1. The molecule has 0 spiro atoms. The van der Waals surface area contributed by atoms with Gasteiger partial charge in [0.05, 0.1) is 6.61 Å². The van der Waals surface area contributed by atoms with Gasteiger partial charge in [0, 0.05) is 12.0 Å². The van der Waals surface area contributed by atoms with Crippen LogP contribution in [0.5, 0.6) is 5.75 Å². The Kier molecular flexibility index (Phi) is 3.38. The number of nitrogens with one attached hydrogen (secondary N) is 1. The third-order valence-corrected chi connectivity index (χ3v) is 4.18. The molecule has 1 aromatic heterocycles. The van der Waals surface area contributed by atoms with Gasteiger partial charge in [0.15, 0.2) is 0 Å². The van der Waals surface area contributed by atoms with Gasteiger partial charge in [-0.25, -0.2) is 0 Å². The number of anilines is 1. The molecule has 3 rings (SSSR count). The van der Waals surface area contributed by atoms with Gasteiger partial charge in [-0.05, 0) is 31.9 Å². The molecule has 5 heteroatoms. The first kappa shape index (κ1) is 12.4. The summed E-state index contributed by atoms with van der Waals surface area (Å²) >= 11 is 1.60. The summed E-state index contributed by atoms with van der Waals surface area (Å²) in [6, 6.07) is 9.99. The van der Waals surface area contributed by atoms with E-state index in [1.807, 2.05) is 37.3 Å². The highest BCUT2D eigenvalue weighted by Crippen LogP contribution is 2.46. The van der Waals surface area contributed by atoms with Gasteiger partial charge in [-0.15, -0.1) is 10.2 Å². The molecule has 1 fully saturated rings. The first-order valence-corrected chi connectivity index (χ1v) is 7.29. The zero-order chi connectivity index (χ0) is 13.1. The lowest BCUT2D eigenvalue weighted by atomic mass is 10.1. The fourth-order valence-electron chi connectivity index (χ4n) is 1.93. The minimum atomic E-state index is 0.273. The molecule has 1 N–H and O–H groups in total. The van der Waals surface area contributed by atoms with Crippen LogP contribution in [0.3, 0.4) is 0 Å². The lowest BCUT2D eigenvalue weighted by Crippen LogP contribution is -2.22. The van der Waals surface area contributed by atoms with E-state index < -0.39 is 0 Å². The second kappa shape index (κ2) is 5.17. The largest absolute Gasteiger partial charge is 0.493 e. The second-order valence-corrected chi connectivity index (χ2v) is 6.26. The van der Waals surface area contributed by atoms with Gasteiger partial charge < -0.3 is 10.1 Å². The van der Waals surface area contributed by atoms with Crippen molar-refractivity contribution in [1.29, 1.82) is 0 Å². The quantitative estimate of drug-likeness (QED) is 0.880. The summed E-state index contributed by atoms with van der Waals surface area (Å²) in [4.78, 5) is 0. The molecule has 0 amide bonds. The van der Waals surface area contributed by atoms with Crippen LogP contribution >= 0.6 is 11.3 Å². The molecule has 0 bridgehead atoms. The number of para-hydroxylation sites is 1. The Labute approximate surface area is 116 Å². The number of aromatic nitrogens is 2. The molecule has 0 atom stereocenters. The van der Waals surface area contributed by atoms with Crippen molar-refractivity contribution in [3.8, 4) is 5.75 Å². The Morgan fingerprint density at radius 3 is 2.68 bits per heavy atom. The molecule has 1 heterocycles. The van der Waals surface area contributed by atoms with E-state index >= 15 is 0 Å². The average molecular weight is 275 g/mol. The normalized spacial score (nSPS) is 16.1. The fourth-order valence-corrected chi connectivity index (χ4v) is 2.52. The number of hydrogen-bond donors (Lipinski definition) is 1. The van der Waals surface area contributed by atoms with E-state index in [4.69, 9.17) is 4.74 Å². The van der Waals surface area contributed by atoms with E-state index in [1.54, 1.807) is 11.3 Å². The van der Waals surface area contributed by atoms with Crippen molar-refractivity contribution in [1.82, 2.24) is 10.2 Å². The molecule has 19 heavy (non-hydrogen) atoms. The van der Waals surface area contributed by atoms with Gasteiger partial charge >= 0.3 is 0 Å². The highest BCUT2D eigenvalue weighted by Gasteiger charge is 2.43. The van der Waals surface area contributed by atoms with Gasteiger partial charge in [-0.2, -0.15) is 0 Å². The standard InChI is InChI=1S/C14H17N3OS/c1-11-16-17-13(19-11)15-9-14(7-8-14)10-18-12-5-3-2-4-6-12/h2-6H,7-10H2,1H3,(H,15,17). The van der Waals surface area contributed by atoms with Crippen LogP contribution in [0.25, 0.3) is 0 Å². The van der Waals surface area contributed by atoms with Crippen molar-refractivity contribution in [3.05, 3.63) is 35.3 Å². The third-order valence-electron chi connectivity index (χ3n) is 3.39. The Morgan fingerprint density at radius 2 is 2.05 bits per heavy atom. The molecular weight excluding hydrogens is 258 g/mol. The van der Waals surface area contributed by atoms with Crippen molar-refractivity contribution in [2.24, 2.45) is 5.41 Å². The van der Waals surface area contributed by atoms with Gasteiger partial charge in [-0.1, -0.05) is 29.5 Å². The molecule has 0 saturated heterocycles. The molecule has 0 unspecified atom stereocenters. The van der Waals surface area contributed by atoms with Crippen LogP contribution in [0.2, 0.25) is 0 Å². The zero-order valence-electron chi connectivity index (χ0n) is 10.9. The van der Waals surface area contributed by atoms with E-state index in [-0.39, 0.29) is 5.41 Å². The topological polar surface area (TPSA) is 47.0 Å². The summed E-state index contributed by atoms with van der Waals surface area (Å²) in [7, 11) is 0. The van der Waals surface area contributed by atoms with Crippen LogP contribution < -0.4 is 10.1 Å². The molecular formula is C14H17N3OS. The Bertz CT molecular complexity index is 537. The Morgan fingerprint density at radius 1 is 1.26 bits per heavy atom. The maximum absolute atomic E-state index is 5.85. The molecule has 1 aliphatic rings. The number of aryl methyl sites for hydroxylation is 1. The van der Waals surface area contributed by atoms with Crippen LogP contribution in [-0.4, -0.2) is 23.3 Å². The van der Waals surface area contributed by atoms with E-state index in [2.05, 4.69) is 15.5 Å². The predicted molar refractivity (Wildman–Crippen MR) is 76.7 cm³/mol. The number of rotatable bonds is 6.